The summed E-state index contributed by atoms with van der Waals surface area (Å²) in [5.74, 6) is 0.855. The number of benzene rings is 1. The molecule has 0 saturated heterocycles. The van der Waals surface area contributed by atoms with Gasteiger partial charge in [-0.05, 0) is 36.5 Å². The van der Waals surface area contributed by atoms with Crippen molar-refractivity contribution in [2.45, 2.75) is 40.0 Å². The van der Waals surface area contributed by atoms with Crippen LogP contribution in [0.5, 0.6) is 0 Å². The lowest BCUT2D eigenvalue weighted by molar-refractivity contribution is 0.582. The molecule has 0 amide bonds. The Balaban J connectivity index is 2.57. The van der Waals surface area contributed by atoms with Crippen LogP contribution in [0, 0.1) is 13.8 Å². The van der Waals surface area contributed by atoms with Crippen LogP contribution < -0.4 is 5.32 Å². The van der Waals surface area contributed by atoms with Gasteiger partial charge in [0.2, 0.25) is 0 Å². The third kappa shape index (κ3) is 2.65. The minimum absolute atomic E-state index is 0.127. The first-order valence-corrected chi connectivity index (χ1v) is 6.59. The predicted molar refractivity (Wildman–Crippen MR) is 79.7 cm³/mol. The molecule has 0 saturated carbocycles. The van der Waals surface area contributed by atoms with E-state index in [4.69, 9.17) is 4.42 Å². The van der Waals surface area contributed by atoms with Crippen LogP contribution in [-0.2, 0) is 5.41 Å². The average molecular weight is 258 g/mol. The molecule has 1 aromatic heterocycles. The van der Waals surface area contributed by atoms with E-state index in [1.165, 1.54) is 11.1 Å². The average Bonchev–Trinajstić information content (AvgIpc) is 2.69. The van der Waals surface area contributed by atoms with Crippen LogP contribution in [-0.4, -0.2) is 12.0 Å². The van der Waals surface area contributed by atoms with Gasteiger partial charge in [0.05, 0.1) is 5.69 Å². The van der Waals surface area contributed by atoms with Crippen LogP contribution >= 0.6 is 0 Å². The van der Waals surface area contributed by atoms with E-state index in [1.54, 1.807) is 0 Å². The van der Waals surface area contributed by atoms with E-state index in [2.05, 4.69) is 56.2 Å². The molecule has 1 heterocycles. The first-order valence-electron chi connectivity index (χ1n) is 6.59. The molecule has 0 fully saturated rings. The molecular weight excluding hydrogens is 236 g/mol. The van der Waals surface area contributed by atoms with E-state index >= 15 is 0 Å². The summed E-state index contributed by atoms with van der Waals surface area (Å²) in [5.41, 5.74) is 4.67. The van der Waals surface area contributed by atoms with E-state index in [9.17, 15) is 0 Å². The van der Waals surface area contributed by atoms with Gasteiger partial charge >= 0.3 is 0 Å². The molecule has 0 radical (unpaired) electrons. The van der Waals surface area contributed by atoms with Crippen molar-refractivity contribution in [1.82, 2.24) is 4.98 Å². The standard InChI is InChI=1S/C16H22N2O/c1-10-7-8-12(16(3,4)5)9-13(10)14-11(2)18-15(17-6)19-14/h7-9H,1-6H3,(H,17,18). The van der Waals surface area contributed by atoms with Gasteiger partial charge < -0.3 is 9.73 Å². The Morgan fingerprint density at radius 2 is 1.84 bits per heavy atom. The quantitative estimate of drug-likeness (QED) is 0.872. The molecular formula is C16H22N2O. The van der Waals surface area contributed by atoms with Crippen molar-refractivity contribution in [3.8, 4) is 11.3 Å². The third-order valence-corrected chi connectivity index (χ3v) is 3.36. The van der Waals surface area contributed by atoms with Crippen LogP contribution in [0.25, 0.3) is 11.3 Å². The second kappa shape index (κ2) is 4.72. The van der Waals surface area contributed by atoms with Gasteiger partial charge in [-0.3, -0.25) is 0 Å². The highest BCUT2D eigenvalue weighted by Crippen LogP contribution is 2.33. The van der Waals surface area contributed by atoms with Crippen molar-refractivity contribution < 1.29 is 4.42 Å². The first-order chi connectivity index (χ1) is 8.82. The van der Waals surface area contributed by atoms with Gasteiger partial charge in [0, 0.05) is 12.6 Å². The molecule has 0 aliphatic carbocycles. The second-order valence-electron chi connectivity index (χ2n) is 5.96. The third-order valence-electron chi connectivity index (χ3n) is 3.36. The van der Waals surface area contributed by atoms with Crippen LogP contribution in [0.3, 0.4) is 0 Å². The number of hydrogen-bond acceptors (Lipinski definition) is 3. The van der Waals surface area contributed by atoms with E-state index in [-0.39, 0.29) is 5.41 Å². The number of aryl methyl sites for hydroxylation is 2. The molecule has 2 rings (SSSR count). The van der Waals surface area contributed by atoms with Crippen LogP contribution in [0.4, 0.5) is 6.01 Å². The summed E-state index contributed by atoms with van der Waals surface area (Å²) >= 11 is 0. The first kappa shape index (κ1) is 13.7. The summed E-state index contributed by atoms with van der Waals surface area (Å²) in [6.45, 7) is 10.7. The molecule has 102 valence electrons. The number of oxazole rings is 1. The van der Waals surface area contributed by atoms with Gasteiger partial charge in [0.25, 0.3) is 6.01 Å². The minimum Gasteiger partial charge on any atom is -0.423 e. The van der Waals surface area contributed by atoms with Crippen molar-refractivity contribution >= 4 is 6.01 Å². The zero-order chi connectivity index (χ0) is 14.2. The van der Waals surface area contributed by atoms with Gasteiger partial charge in [-0.25, -0.2) is 0 Å². The molecule has 0 unspecified atom stereocenters. The fourth-order valence-electron chi connectivity index (χ4n) is 2.09. The van der Waals surface area contributed by atoms with Gasteiger partial charge in [-0.1, -0.05) is 32.9 Å². The molecule has 1 aromatic carbocycles. The molecule has 0 spiro atoms. The zero-order valence-electron chi connectivity index (χ0n) is 12.6. The van der Waals surface area contributed by atoms with E-state index < -0.39 is 0 Å². The van der Waals surface area contributed by atoms with Crippen molar-refractivity contribution in [2.75, 3.05) is 12.4 Å². The highest BCUT2D eigenvalue weighted by atomic mass is 16.4. The maximum atomic E-state index is 5.78. The van der Waals surface area contributed by atoms with Crippen LogP contribution in [0.15, 0.2) is 22.6 Å². The number of rotatable bonds is 2. The molecule has 1 N–H and O–H groups in total. The number of hydrogen-bond donors (Lipinski definition) is 1. The summed E-state index contributed by atoms with van der Waals surface area (Å²) in [7, 11) is 1.81. The molecule has 0 bridgehead atoms. The summed E-state index contributed by atoms with van der Waals surface area (Å²) in [5, 5.41) is 2.94. The lowest BCUT2D eigenvalue weighted by Gasteiger charge is -2.20. The van der Waals surface area contributed by atoms with Gasteiger partial charge in [0.1, 0.15) is 0 Å². The van der Waals surface area contributed by atoms with Crippen LogP contribution in [0.1, 0.15) is 37.6 Å². The van der Waals surface area contributed by atoms with E-state index in [0.717, 1.165) is 17.0 Å². The highest BCUT2D eigenvalue weighted by molar-refractivity contribution is 5.66. The molecule has 0 aliphatic heterocycles. The second-order valence-corrected chi connectivity index (χ2v) is 5.96. The van der Waals surface area contributed by atoms with Crippen molar-refractivity contribution in [1.29, 1.82) is 0 Å². The Labute approximate surface area is 115 Å². The SMILES string of the molecule is CNc1nc(C)c(-c2cc(C(C)(C)C)ccc2C)o1. The lowest BCUT2D eigenvalue weighted by Crippen LogP contribution is -2.11. The smallest absolute Gasteiger partial charge is 0.295 e. The Morgan fingerprint density at radius 3 is 2.37 bits per heavy atom. The summed E-state index contributed by atoms with van der Waals surface area (Å²) in [6.07, 6.45) is 0. The Hall–Kier alpha value is -1.77. The highest BCUT2D eigenvalue weighted by Gasteiger charge is 2.18. The number of nitrogens with zero attached hydrogens (tertiary/aromatic N) is 1. The van der Waals surface area contributed by atoms with Crippen molar-refractivity contribution in [3.05, 3.63) is 35.0 Å². The monoisotopic (exact) mass is 258 g/mol. The summed E-state index contributed by atoms with van der Waals surface area (Å²) in [4.78, 5) is 4.36. The Kier molecular flexibility index (Phi) is 3.40. The molecule has 3 heteroatoms. The lowest BCUT2D eigenvalue weighted by atomic mass is 9.85. The van der Waals surface area contributed by atoms with Gasteiger partial charge in [-0.15, -0.1) is 0 Å². The Bertz CT molecular complexity index is 591. The molecule has 19 heavy (non-hydrogen) atoms. The molecule has 0 atom stereocenters. The number of aromatic nitrogens is 1. The van der Waals surface area contributed by atoms with E-state index in [0.29, 0.717) is 6.01 Å². The normalized spacial score (nSPS) is 11.7. The largest absolute Gasteiger partial charge is 0.423 e. The Morgan fingerprint density at radius 1 is 1.16 bits per heavy atom. The van der Waals surface area contributed by atoms with Gasteiger partial charge in [0.15, 0.2) is 5.76 Å². The molecule has 2 aromatic rings. The topological polar surface area (TPSA) is 38.1 Å². The number of anilines is 1. The fourth-order valence-corrected chi connectivity index (χ4v) is 2.09. The minimum atomic E-state index is 0.127. The fraction of sp³-hybridized carbons (Fsp3) is 0.438. The van der Waals surface area contributed by atoms with Gasteiger partial charge in [-0.2, -0.15) is 4.98 Å². The summed E-state index contributed by atoms with van der Waals surface area (Å²) in [6, 6.07) is 7.11. The van der Waals surface area contributed by atoms with Crippen LogP contribution in [0.2, 0.25) is 0 Å². The van der Waals surface area contributed by atoms with E-state index in [1.807, 2.05) is 14.0 Å². The number of nitrogens with one attached hydrogen (secondary N) is 1. The van der Waals surface area contributed by atoms with Crippen molar-refractivity contribution in [3.63, 3.8) is 0 Å². The van der Waals surface area contributed by atoms with Crippen molar-refractivity contribution in [2.24, 2.45) is 0 Å². The maximum Gasteiger partial charge on any atom is 0.295 e. The zero-order valence-corrected chi connectivity index (χ0v) is 12.6. The maximum absolute atomic E-state index is 5.78. The molecule has 0 aliphatic rings. The summed E-state index contributed by atoms with van der Waals surface area (Å²) < 4.78 is 5.78. The molecule has 3 nitrogen and oxygen atoms in total. The predicted octanol–water partition coefficient (Wildman–Crippen LogP) is 4.30.